The maximum Gasteiger partial charge on any atom is 0.319 e. The van der Waals surface area contributed by atoms with Crippen molar-refractivity contribution in [1.29, 1.82) is 0 Å². The van der Waals surface area contributed by atoms with Crippen molar-refractivity contribution < 1.29 is 14.7 Å². The molecule has 0 saturated heterocycles. The molecule has 0 bridgehead atoms. The number of urea groups is 1. The molecule has 1 aliphatic carbocycles. The van der Waals surface area contributed by atoms with Crippen LogP contribution in [0, 0.1) is 12.8 Å². The maximum absolute atomic E-state index is 11.9. The number of amides is 2. The van der Waals surface area contributed by atoms with Crippen LogP contribution in [0.15, 0.2) is 18.2 Å². The van der Waals surface area contributed by atoms with E-state index in [1.807, 2.05) is 13.0 Å². The number of nitrogens with one attached hydrogen (secondary N) is 2. The molecule has 0 radical (unpaired) electrons. The number of hydrogen-bond donors (Lipinski definition) is 3. The Labute approximate surface area is 122 Å². The third-order valence-electron chi connectivity index (χ3n) is 3.49. The first kappa shape index (κ1) is 14.7. The first-order chi connectivity index (χ1) is 9.45. The van der Waals surface area contributed by atoms with E-state index in [1.54, 1.807) is 12.1 Å². The predicted molar refractivity (Wildman–Crippen MR) is 77.1 cm³/mol. The van der Waals surface area contributed by atoms with Crippen LogP contribution in [0.1, 0.15) is 24.8 Å². The van der Waals surface area contributed by atoms with Crippen LogP contribution < -0.4 is 10.6 Å². The third-order valence-corrected chi connectivity index (χ3v) is 3.82. The monoisotopic (exact) mass is 296 g/mol. The summed E-state index contributed by atoms with van der Waals surface area (Å²) in [6.45, 7) is 1.91. The number of benzene rings is 1. The van der Waals surface area contributed by atoms with Crippen molar-refractivity contribution in [3.63, 3.8) is 0 Å². The summed E-state index contributed by atoms with van der Waals surface area (Å²) in [7, 11) is 0. The zero-order valence-electron chi connectivity index (χ0n) is 11.1. The molecule has 20 heavy (non-hydrogen) atoms. The van der Waals surface area contributed by atoms with Gasteiger partial charge in [0.05, 0.1) is 16.6 Å². The molecular weight excluding hydrogens is 280 g/mol. The molecule has 2 rings (SSSR count). The Morgan fingerprint density at radius 1 is 1.35 bits per heavy atom. The highest BCUT2D eigenvalue weighted by molar-refractivity contribution is 6.33. The quantitative estimate of drug-likeness (QED) is 0.802. The Morgan fingerprint density at radius 2 is 2.10 bits per heavy atom. The first-order valence-corrected chi connectivity index (χ1v) is 6.90. The van der Waals surface area contributed by atoms with Gasteiger partial charge in [0.1, 0.15) is 0 Å². The fourth-order valence-corrected chi connectivity index (χ4v) is 2.58. The molecule has 6 heteroatoms. The van der Waals surface area contributed by atoms with Crippen molar-refractivity contribution in [1.82, 2.24) is 5.32 Å². The van der Waals surface area contributed by atoms with Crippen LogP contribution in [0.3, 0.4) is 0 Å². The minimum atomic E-state index is -0.795. The summed E-state index contributed by atoms with van der Waals surface area (Å²) in [5, 5.41) is 14.9. The van der Waals surface area contributed by atoms with E-state index in [4.69, 9.17) is 16.7 Å². The van der Waals surface area contributed by atoms with Gasteiger partial charge in [-0.15, -0.1) is 0 Å². The Kier molecular flexibility index (Phi) is 4.49. The van der Waals surface area contributed by atoms with Gasteiger partial charge in [0, 0.05) is 6.04 Å². The number of hydrogen-bond acceptors (Lipinski definition) is 2. The standard InChI is InChI=1S/C14H17ClN2O3/c1-8-2-5-11(15)12(6-8)17-14(20)16-10-4-3-9(7-10)13(18)19/h2,5-6,9-10H,3-4,7H2,1H3,(H,18,19)(H2,16,17,20). The van der Waals surface area contributed by atoms with E-state index in [2.05, 4.69) is 10.6 Å². The van der Waals surface area contributed by atoms with Gasteiger partial charge in [0.15, 0.2) is 0 Å². The Hall–Kier alpha value is -1.75. The van der Waals surface area contributed by atoms with Crippen LogP contribution in [-0.4, -0.2) is 23.1 Å². The topological polar surface area (TPSA) is 78.4 Å². The third kappa shape index (κ3) is 3.63. The van der Waals surface area contributed by atoms with Crippen molar-refractivity contribution >= 4 is 29.3 Å². The average Bonchev–Trinajstić information content (AvgIpc) is 2.82. The van der Waals surface area contributed by atoms with Gasteiger partial charge in [0.25, 0.3) is 0 Å². The number of aliphatic carboxylic acids is 1. The maximum atomic E-state index is 11.9. The number of carbonyl (C=O) groups is 2. The number of carbonyl (C=O) groups excluding carboxylic acids is 1. The van der Waals surface area contributed by atoms with Crippen LogP contribution in [0.4, 0.5) is 10.5 Å². The molecule has 1 fully saturated rings. The van der Waals surface area contributed by atoms with Gasteiger partial charge in [-0.1, -0.05) is 17.7 Å². The van der Waals surface area contributed by atoms with Crippen LogP contribution in [0.25, 0.3) is 0 Å². The van der Waals surface area contributed by atoms with Crippen molar-refractivity contribution in [3.05, 3.63) is 28.8 Å². The molecule has 3 N–H and O–H groups in total. The predicted octanol–water partition coefficient (Wildman–Crippen LogP) is 3.02. The van der Waals surface area contributed by atoms with E-state index < -0.39 is 5.97 Å². The lowest BCUT2D eigenvalue weighted by Gasteiger charge is -2.14. The zero-order valence-corrected chi connectivity index (χ0v) is 11.9. The summed E-state index contributed by atoms with van der Waals surface area (Å²) in [4.78, 5) is 22.7. The second-order valence-electron chi connectivity index (χ2n) is 5.13. The van der Waals surface area contributed by atoms with E-state index in [9.17, 15) is 9.59 Å². The summed E-state index contributed by atoms with van der Waals surface area (Å²) in [6.07, 6.45) is 1.77. The Bertz CT molecular complexity index is 533. The van der Waals surface area contributed by atoms with Crippen molar-refractivity contribution in [2.75, 3.05) is 5.32 Å². The molecule has 1 aliphatic rings. The highest BCUT2D eigenvalue weighted by atomic mass is 35.5. The number of aryl methyl sites for hydroxylation is 1. The molecule has 1 aromatic rings. The molecule has 1 saturated carbocycles. The summed E-state index contributed by atoms with van der Waals surface area (Å²) in [5.41, 5.74) is 1.55. The summed E-state index contributed by atoms with van der Waals surface area (Å²) >= 11 is 6.00. The smallest absolute Gasteiger partial charge is 0.319 e. The largest absolute Gasteiger partial charge is 0.481 e. The van der Waals surface area contributed by atoms with E-state index in [0.717, 1.165) is 5.56 Å². The lowest BCUT2D eigenvalue weighted by atomic mass is 10.1. The lowest BCUT2D eigenvalue weighted by molar-refractivity contribution is -0.141. The van der Waals surface area contributed by atoms with Crippen LogP contribution in [-0.2, 0) is 4.79 Å². The van der Waals surface area contributed by atoms with Gasteiger partial charge in [-0.3, -0.25) is 4.79 Å². The highest BCUT2D eigenvalue weighted by Gasteiger charge is 2.30. The fraction of sp³-hybridized carbons (Fsp3) is 0.429. The highest BCUT2D eigenvalue weighted by Crippen LogP contribution is 2.26. The SMILES string of the molecule is Cc1ccc(Cl)c(NC(=O)NC2CCC(C(=O)O)C2)c1. The van der Waals surface area contributed by atoms with Gasteiger partial charge >= 0.3 is 12.0 Å². The van der Waals surface area contributed by atoms with Crippen molar-refractivity contribution in [2.45, 2.75) is 32.2 Å². The molecule has 0 heterocycles. The van der Waals surface area contributed by atoms with E-state index in [-0.39, 0.29) is 18.0 Å². The molecule has 2 amide bonds. The first-order valence-electron chi connectivity index (χ1n) is 6.52. The lowest BCUT2D eigenvalue weighted by Crippen LogP contribution is -2.36. The zero-order chi connectivity index (χ0) is 14.7. The number of carboxylic acids is 1. The molecule has 2 unspecified atom stereocenters. The van der Waals surface area contributed by atoms with Crippen molar-refractivity contribution in [2.24, 2.45) is 5.92 Å². The van der Waals surface area contributed by atoms with Crippen LogP contribution >= 0.6 is 11.6 Å². The minimum absolute atomic E-state index is 0.0975. The van der Waals surface area contributed by atoms with Gasteiger partial charge in [0.2, 0.25) is 0 Å². The molecule has 5 nitrogen and oxygen atoms in total. The minimum Gasteiger partial charge on any atom is -0.481 e. The number of carboxylic acid groups (broad SMARTS) is 1. The van der Waals surface area contributed by atoms with E-state index >= 15 is 0 Å². The Balaban J connectivity index is 1.90. The molecule has 108 valence electrons. The van der Waals surface area contributed by atoms with Gasteiger partial charge in [-0.05, 0) is 43.9 Å². The number of halogens is 1. The summed E-state index contributed by atoms with van der Waals surface area (Å²) in [5.74, 6) is -1.15. The second-order valence-corrected chi connectivity index (χ2v) is 5.53. The average molecular weight is 297 g/mol. The van der Waals surface area contributed by atoms with Crippen LogP contribution in [0.5, 0.6) is 0 Å². The molecular formula is C14H17ClN2O3. The van der Waals surface area contributed by atoms with Gasteiger partial charge < -0.3 is 15.7 Å². The Morgan fingerprint density at radius 3 is 2.75 bits per heavy atom. The van der Waals surface area contributed by atoms with Gasteiger partial charge in [-0.2, -0.15) is 0 Å². The molecule has 0 aromatic heterocycles. The molecule has 0 aliphatic heterocycles. The molecule has 0 spiro atoms. The number of rotatable bonds is 3. The molecule has 1 aromatic carbocycles. The van der Waals surface area contributed by atoms with Crippen molar-refractivity contribution in [3.8, 4) is 0 Å². The summed E-state index contributed by atoms with van der Waals surface area (Å²) in [6, 6.07) is 4.92. The van der Waals surface area contributed by atoms with Gasteiger partial charge in [-0.25, -0.2) is 4.79 Å². The molecule has 2 atom stereocenters. The summed E-state index contributed by atoms with van der Waals surface area (Å²) < 4.78 is 0. The van der Waals surface area contributed by atoms with E-state index in [0.29, 0.717) is 30.0 Å². The van der Waals surface area contributed by atoms with E-state index in [1.165, 1.54) is 0 Å². The normalized spacial score (nSPS) is 21.5. The second kappa shape index (κ2) is 6.13. The van der Waals surface area contributed by atoms with Crippen LogP contribution in [0.2, 0.25) is 5.02 Å². The fourth-order valence-electron chi connectivity index (χ4n) is 2.42. The number of anilines is 1.